The molecule has 0 heterocycles. The van der Waals surface area contributed by atoms with Crippen LogP contribution < -0.4 is 4.74 Å². The first-order valence-electron chi connectivity index (χ1n) is 8.84. The summed E-state index contributed by atoms with van der Waals surface area (Å²) in [6, 6.07) is 9.80. The van der Waals surface area contributed by atoms with E-state index in [1.54, 1.807) is 0 Å². The van der Waals surface area contributed by atoms with Gasteiger partial charge in [-0.25, -0.2) is 13.6 Å². The molecule has 0 aliphatic heterocycles. The average molecular weight is 344 g/mol. The van der Waals surface area contributed by atoms with Crippen LogP contribution in [0, 0.1) is 17.6 Å². The van der Waals surface area contributed by atoms with Gasteiger partial charge in [-0.1, -0.05) is 19.4 Å². The van der Waals surface area contributed by atoms with Gasteiger partial charge >= 0.3 is 5.97 Å². The molecular formula is C21H22F2O2. The lowest BCUT2D eigenvalue weighted by Crippen LogP contribution is -2.13. The highest BCUT2D eigenvalue weighted by atomic mass is 19.1. The molecule has 2 nitrogen and oxygen atoms in total. The standard InChI is InChI=1S/C21H22F2O2/c1-2-14-3-5-15(6-4-14)17-9-12-20(19(23)13-17)25-21(24)16-7-10-18(22)11-8-16/h7-15H,2-6H2,1H3. The van der Waals surface area contributed by atoms with E-state index in [4.69, 9.17) is 4.74 Å². The van der Waals surface area contributed by atoms with Crippen LogP contribution in [0.4, 0.5) is 8.78 Å². The van der Waals surface area contributed by atoms with E-state index >= 15 is 0 Å². The second-order valence-electron chi connectivity index (χ2n) is 6.71. The van der Waals surface area contributed by atoms with Gasteiger partial charge in [0.15, 0.2) is 11.6 Å². The molecule has 0 N–H and O–H groups in total. The fourth-order valence-corrected chi connectivity index (χ4v) is 3.50. The quantitative estimate of drug-likeness (QED) is 0.512. The van der Waals surface area contributed by atoms with Gasteiger partial charge in [-0.3, -0.25) is 0 Å². The molecule has 0 saturated heterocycles. The lowest BCUT2D eigenvalue weighted by molar-refractivity contribution is 0.0727. The summed E-state index contributed by atoms with van der Waals surface area (Å²) in [5.41, 5.74) is 1.15. The van der Waals surface area contributed by atoms with Gasteiger partial charge in [0.25, 0.3) is 0 Å². The Bertz CT molecular complexity index is 732. The minimum Gasteiger partial charge on any atom is -0.420 e. The summed E-state index contributed by atoms with van der Waals surface area (Å²) in [5, 5.41) is 0. The number of carbonyl (C=O) groups is 1. The molecule has 3 rings (SSSR count). The molecule has 0 radical (unpaired) electrons. The first-order valence-corrected chi connectivity index (χ1v) is 8.84. The van der Waals surface area contributed by atoms with E-state index in [0.717, 1.165) is 24.3 Å². The maximum atomic E-state index is 14.4. The van der Waals surface area contributed by atoms with Crippen molar-refractivity contribution < 1.29 is 18.3 Å². The number of rotatable bonds is 4. The summed E-state index contributed by atoms with van der Waals surface area (Å²) in [7, 11) is 0. The molecule has 0 bridgehead atoms. The van der Waals surface area contributed by atoms with E-state index in [1.807, 2.05) is 6.07 Å². The Kier molecular flexibility index (Phi) is 5.47. The Labute approximate surface area is 146 Å². The fraction of sp³-hybridized carbons (Fsp3) is 0.381. The van der Waals surface area contributed by atoms with Crippen LogP contribution in [0.2, 0.25) is 0 Å². The SMILES string of the molecule is CCC1CCC(c2ccc(OC(=O)c3ccc(F)cc3)c(F)c2)CC1. The molecule has 4 heteroatoms. The third kappa shape index (κ3) is 4.25. The fourth-order valence-electron chi connectivity index (χ4n) is 3.50. The number of hydrogen-bond acceptors (Lipinski definition) is 2. The lowest BCUT2D eigenvalue weighted by Gasteiger charge is -2.28. The van der Waals surface area contributed by atoms with Crippen LogP contribution in [0.25, 0.3) is 0 Å². The average Bonchev–Trinajstić information content (AvgIpc) is 2.64. The molecule has 0 unspecified atom stereocenters. The minimum atomic E-state index is -0.699. The topological polar surface area (TPSA) is 26.3 Å². The molecule has 1 saturated carbocycles. The van der Waals surface area contributed by atoms with Crippen LogP contribution in [0.3, 0.4) is 0 Å². The number of hydrogen-bond donors (Lipinski definition) is 0. The molecule has 0 amide bonds. The van der Waals surface area contributed by atoms with Crippen molar-refractivity contribution in [3.05, 3.63) is 65.2 Å². The Balaban J connectivity index is 1.68. The van der Waals surface area contributed by atoms with Gasteiger partial charge in [0.2, 0.25) is 0 Å². The third-order valence-electron chi connectivity index (χ3n) is 5.13. The van der Waals surface area contributed by atoms with Crippen molar-refractivity contribution in [2.24, 2.45) is 5.92 Å². The molecule has 0 atom stereocenters. The van der Waals surface area contributed by atoms with Crippen molar-refractivity contribution >= 4 is 5.97 Å². The van der Waals surface area contributed by atoms with Crippen LogP contribution in [0.1, 0.15) is 60.9 Å². The zero-order chi connectivity index (χ0) is 17.8. The molecule has 132 valence electrons. The summed E-state index contributed by atoms with van der Waals surface area (Å²) in [6.45, 7) is 2.22. The summed E-state index contributed by atoms with van der Waals surface area (Å²) < 4.78 is 32.4. The van der Waals surface area contributed by atoms with E-state index in [0.29, 0.717) is 5.92 Å². The Morgan fingerprint density at radius 1 is 1.04 bits per heavy atom. The number of esters is 1. The van der Waals surface area contributed by atoms with Gasteiger partial charge in [-0.2, -0.15) is 0 Å². The summed E-state index contributed by atoms with van der Waals surface area (Å²) in [4.78, 5) is 12.0. The molecule has 1 aliphatic carbocycles. The smallest absolute Gasteiger partial charge is 0.343 e. The van der Waals surface area contributed by atoms with Crippen LogP contribution in [0.5, 0.6) is 5.75 Å². The monoisotopic (exact) mass is 344 g/mol. The van der Waals surface area contributed by atoms with Crippen molar-refractivity contribution in [1.82, 2.24) is 0 Å². The number of ether oxygens (including phenoxy) is 1. The molecule has 2 aromatic carbocycles. The molecular weight excluding hydrogens is 322 g/mol. The minimum absolute atomic E-state index is 0.0969. The van der Waals surface area contributed by atoms with Gasteiger partial charge in [-0.15, -0.1) is 0 Å². The number of halogens is 2. The number of benzene rings is 2. The molecule has 25 heavy (non-hydrogen) atoms. The van der Waals surface area contributed by atoms with Gasteiger partial charge in [0, 0.05) is 0 Å². The second-order valence-corrected chi connectivity index (χ2v) is 6.71. The molecule has 0 aromatic heterocycles. The van der Waals surface area contributed by atoms with Crippen LogP contribution in [-0.2, 0) is 0 Å². The van der Waals surface area contributed by atoms with Crippen molar-refractivity contribution in [2.75, 3.05) is 0 Å². The highest BCUT2D eigenvalue weighted by molar-refractivity contribution is 5.91. The maximum absolute atomic E-state index is 14.4. The summed E-state index contributed by atoms with van der Waals surface area (Å²) in [6.07, 6.45) is 5.73. The Morgan fingerprint density at radius 2 is 1.72 bits per heavy atom. The van der Waals surface area contributed by atoms with Crippen molar-refractivity contribution in [2.45, 2.75) is 44.9 Å². The third-order valence-corrected chi connectivity index (χ3v) is 5.13. The second kappa shape index (κ2) is 7.77. The van der Waals surface area contributed by atoms with E-state index in [9.17, 15) is 13.6 Å². The predicted molar refractivity (Wildman–Crippen MR) is 92.7 cm³/mol. The summed E-state index contributed by atoms with van der Waals surface area (Å²) >= 11 is 0. The van der Waals surface area contributed by atoms with Crippen LogP contribution >= 0.6 is 0 Å². The Morgan fingerprint density at radius 3 is 2.32 bits per heavy atom. The van der Waals surface area contributed by atoms with Crippen molar-refractivity contribution in [1.29, 1.82) is 0 Å². The van der Waals surface area contributed by atoms with Crippen molar-refractivity contribution in [3.8, 4) is 5.75 Å². The predicted octanol–water partition coefficient (Wildman–Crippen LogP) is 5.87. The molecule has 1 aliphatic rings. The molecule has 2 aromatic rings. The van der Waals surface area contributed by atoms with Crippen LogP contribution in [-0.4, -0.2) is 5.97 Å². The van der Waals surface area contributed by atoms with Crippen LogP contribution in [0.15, 0.2) is 42.5 Å². The first-order chi connectivity index (χ1) is 12.1. The zero-order valence-corrected chi connectivity index (χ0v) is 14.3. The largest absolute Gasteiger partial charge is 0.420 e. The number of carbonyl (C=O) groups excluding carboxylic acids is 1. The van der Waals surface area contributed by atoms with E-state index in [2.05, 4.69) is 6.92 Å². The van der Waals surface area contributed by atoms with Gasteiger partial charge in [0.1, 0.15) is 5.82 Å². The van der Waals surface area contributed by atoms with Gasteiger partial charge in [0.05, 0.1) is 5.56 Å². The van der Waals surface area contributed by atoms with E-state index < -0.39 is 17.6 Å². The van der Waals surface area contributed by atoms with E-state index in [1.165, 1.54) is 55.7 Å². The molecule has 1 fully saturated rings. The van der Waals surface area contributed by atoms with Gasteiger partial charge in [-0.05, 0) is 79.5 Å². The molecule has 0 spiro atoms. The van der Waals surface area contributed by atoms with Gasteiger partial charge < -0.3 is 4.74 Å². The summed E-state index contributed by atoms with van der Waals surface area (Å²) in [5.74, 6) is -0.609. The van der Waals surface area contributed by atoms with Crippen molar-refractivity contribution in [3.63, 3.8) is 0 Å². The first kappa shape index (κ1) is 17.6. The zero-order valence-electron chi connectivity index (χ0n) is 14.3. The maximum Gasteiger partial charge on any atom is 0.343 e. The normalized spacial score (nSPS) is 20.3. The van der Waals surface area contributed by atoms with E-state index in [-0.39, 0.29) is 11.3 Å². The lowest BCUT2D eigenvalue weighted by atomic mass is 9.78. The Hall–Kier alpha value is -2.23. The highest BCUT2D eigenvalue weighted by Gasteiger charge is 2.22. The highest BCUT2D eigenvalue weighted by Crippen LogP contribution is 2.38.